The largest absolute Gasteiger partial charge is 0.309 e. The molecule has 0 aliphatic rings. The summed E-state index contributed by atoms with van der Waals surface area (Å²) in [5.74, 6) is 0. The molecule has 0 saturated carbocycles. The maximum atomic E-state index is 3.96. The minimum Gasteiger partial charge on any atom is -0.309 e. The highest BCUT2D eigenvalue weighted by Gasteiger charge is 2.10. The summed E-state index contributed by atoms with van der Waals surface area (Å²) in [6, 6.07) is 25.2. The highest BCUT2D eigenvalue weighted by atomic mass is 15.0. The maximum Gasteiger partial charge on any atom is 0.0623 e. The van der Waals surface area contributed by atoms with Crippen molar-refractivity contribution in [3.8, 4) is 5.69 Å². The van der Waals surface area contributed by atoms with Crippen LogP contribution in [0.2, 0.25) is 0 Å². The summed E-state index contributed by atoms with van der Waals surface area (Å²) >= 11 is 0. The van der Waals surface area contributed by atoms with Crippen molar-refractivity contribution in [3.05, 3.63) is 72.8 Å². The van der Waals surface area contributed by atoms with E-state index in [-0.39, 0.29) is 0 Å². The number of fused-ring (bicyclic) bond motifs is 3. The number of hydrogen-bond acceptors (Lipinski definition) is 1. The molecule has 0 aliphatic carbocycles. The molecule has 4 aromatic rings. The first-order valence-electron chi connectivity index (χ1n) is 6.94. The molecule has 100 valence electrons. The summed E-state index contributed by atoms with van der Waals surface area (Å²) in [5, 5.41) is 2.55. The SMILES string of the molecule is C=Nc1ccc(-n2c3ccccc3c3ccccc32)cc1. The fourth-order valence-corrected chi connectivity index (χ4v) is 2.91. The number of hydrogen-bond donors (Lipinski definition) is 0. The first-order valence-corrected chi connectivity index (χ1v) is 6.94. The molecule has 0 fully saturated rings. The fraction of sp³-hybridized carbons (Fsp3) is 0. The van der Waals surface area contributed by atoms with E-state index >= 15 is 0 Å². The fourth-order valence-electron chi connectivity index (χ4n) is 2.91. The van der Waals surface area contributed by atoms with Gasteiger partial charge in [0.2, 0.25) is 0 Å². The van der Waals surface area contributed by atoms with Crippen LogP contribution in [-0.4, -0.2) is 11.3 Å². The van der Waals surface area contributed by atoms with Gasteiger partial charge in [0.1, 0.15) is 0 Å². The van der Waals surface area contributed by atoms with Gasteiger partial charge in [0.15, 0.2) is 0 Å². The number of benzene rings is 3. The van der Waals surface area contributed by atoms with Crippen LogP contribution in [0, 0.1) is 0 Å². The van der Waals surface area contributed by atoms with Gasteiger partial charge < -0.3 is 4.57 Å². The van der Waals surface area contributed by atoms with E-state index in [9.17, 15) is 0 Å². The molecule has 1 aromatic heterocycles. The van der Waals surface area contributed by atoms with Crippen molar-refractivity contribution in [2.75, 3.05) is 0 Å². The van der Waals surface area contributed by atoms with Crippen LogP contribution in [0.15, 0.2) is 77.8 Å². The Hall–Kier alpha value is -2.87. The lowest BCUT2D eigenvalue weighted by Crippen LogP contribution is -1.92. The summed E-state index contributed by atoms with van der Waals surface area (Å²) in [6.07, 6.45) is 0. The molecule has 21 heavy (non-hydrogen) atoms. The number of aromatic nitrogens is 1. The van der Waals surface area contributed by atoms with Crippen LogP contribution in [-0.2, 0) is 0 Å². The van der Waals surface area contributed by atoms with Crippen LogP contribution in [0.3, 0.4) is 0 Å². The van der Waals surface area contributed by atoms with Crippen molar-refractivity contribution in [2.24, 2.45) is 4.99 Å². The highest BCUT2D eigenvalue weighted by molar-refractivity contribution is 6.09. The summed E-state index contributed by atoms with van der Waals surface area (Å²) in [7, 11) is 0. The number of para-hydroxylation sites is 2. The Bertz CT molecular complexity index is 893. The zero-order chi connectivity index (χ0) is 14.2. The summed E-state index contributed by atoms with van der Waals surface area (Å²) < 4.78 is 2.29. The van der Waals surface area contributed by atoms with Gasteiger partial charge in [-0.05, 0) is 43.1 Å². The molecule has 0 radical (unpaired) electrons. The highest BCUT2D eigenvalue weighted by Crippen LogP contribution is 2.31. The number of rotatable bonds is 2. The average molecular weight is 270 g/mol. The van der Waals surface area contributed by atoms with Gasteiger partial charge in [-0.15, -0.1) is 0 Å². The Morgan fingerprint density at radius 1 is 0.667 bits per heavy atom. The normalized spacial score (nSPS) is 11.0. The zero-order valence-corrected chi connectivity index (χ0v) is 11.5. The molecule has 2 heteroatoms. The van der Waals surface area contributed by atoms with Crippen LogP contribution < -0.4 is 0 Å². The van der Waals surface area contributed by atoms with Crippen molar-refractivity contribution >= 4 is 34.2 Å². The van der Waals surface area contributed by atoms with Crippen LogP contribution in [0.25, 0.3) is 27.5 Å². The van der Waals surface area contributed by atoms with E-state index in [1.54, 1.807) is 0 Å². The number of aliphatic imine (C=N–C) groups is 1. The van der Waals surface area contributed by atoms with Gasteiger partial charge in [-0.2, -0.15) is 0 Å². The molecule has 3 aromatic carbocycles. The van der Waals surface area contributed by atoms with Crippen molar-refractivity contribution in [1.29, 1.82) is 0 Å². The predicted molar refractivity (Wildman–Crippen MR) is 90.0 cm³/mol. The van der Waals surface area contributed by atoms with E-state index in [4.69, 9.17) is 0 Å². The molecule has 0 N–H and O–H groups in total. The molecule has 0 bridgehead atoms. The van der Waals surface area contributed by atoms with Gasteiger partial charge in [0, 0.05) is 16.5 Å². The van der Waals surface area contributed by atoms with E-state index in [0.717, 1.165) is 11.4 Å². The lowest BCUT2D eigenvalue weighted by atomic mass is 10.2. The van der Waals surface area contributed by atoms with E-state index in [1.807, 2.05) is 12.1 Å². The van der Waals surface area contributed by atoms with Gasteiger partial charge in [-0.1, -0.05) is 36.4 Å². The molecule has 0 amide bonds. The Kier molecular flexibility index (Phi) is 2.61. The Balaban J connectivity index is 2.11. The molecule has 0 saturated heterocycles. The zero-order valence-electron chi connectivity index (χ0n) is 11.5. The van der Waals surface area contributed by atoms with E-state index in [2.05, 4.69) is 76.9 Å². The van der Waals surface area contributed by atoms with Gasteiger partial charge >= 0.3 is 0 Å². The molecule has 4 rings (SSSR count). The van der Waals surface area contributed by atoms with Crippen LogP contribution in [0.5, 0.6) is 0 Å². The molecular weight excluding hydrogens is 256 g/mol. The van der Waals surface area contributed by atoms with Gasteiger partial charge in [-0.25, -0.2) is 0 Å². The van der Waals surface area contributed by atoms with E-state index in [1.165, 1.54) is 21.8 Å². The Labute approximate surface area is 123 Å². The van der Waals surface area contributed by atoms with Gasteiger partial charge in [0.25, 0.3) is 0 Å². The van der Waals surface area contributed by atoms with Crippen LogP contribution >= 0.6 is 0 Å². The quantitative estimate of drug-likeness (QED) is 0.450. The molecule has 0 aliphatic heterocycles. The number of nitrogens with zero attached hydrogens (tertiary/aromatic N) is 2. The summed E-state index contributed by atoms with van der Waals surface area (Å²) in [5.41, 5.74) is 4.47. The lowest BCUT2D eigenvalue weighted by Gasteiger charge is -2.07. The smallest absolute Gasteiger partial charge is 0.0623 e. The van der Waals surface area contributed by atoms with Gasteiger partial charge in [-0.3, -0.25) is 4.99 Å². The third-order valence-corrected chi connectivity index (χ3v) is 3.87. The molecule has 1 heterocycles. The van der Waals surface area contributed by atoms with Crippen molar-refractivity contribution in [2.45, 2.75) is 0 Å². The lowest BCUT2D eigenvalue weighted by molar-refractivity contribution is 1.18. The second-order valence-electron chi connectivity index (χ2n) is 5.04. The predicted octanol–water partition coefficient (Wildman–Crippen LogP) is 5.12. The van der Waals surface area contributed by atoms with Crippen LogP contribution in [0.4, 0.5) is 5.69 Å². The Morgan fingerprint density at radius 3 is 1.71 bits per heavy atom. The molecule has 0 atom stereocenters. The third kappa shape index (κ3) is 1.77. The molecule has 0 spiro atoms. The van der Waals surface area contributed by atoms with Crippen molar-refractivity contribution < 1.29 is 0 Å². The second kappa shape index (κ2) is 4.60. The minimum absolute atomic E-state index is 0.888. The topological polar surface area (TPSA) is 17.3 Å². The molecule has 0 unspecified atom stereocenters. The van der Waals surface area contributed by atoms with E-state index < -0.39 is 0 Å². The monoisotopic (exact) mass is 270 g/mol. The third-order valence-electron chi connectivity index (χ3n) is 3.87. The summed E-state index contributed by atoms with van der Waals surface area (Å²) in [6.45, 7) is 3.57. The van der Waals surface area contributed by atoms with Crippen molar-refractivity contribution in [3.63, 3.8) is 0 Å². The molecular formula is C19H14N2. The van der Waals surface area contributed by atoms with Crippen molar-refractivity contribution in [1.82, 2.24) is 4.57 Å². The van der Waals surface area contributed by atoms with Crippen LogP contribution in [0.1, 0.15) is 0 Å². The minimum atomic E-state index is 0.888. The van der Waals surface area contributed by atoms with Gasteiger partial charge in [0.05, 0.1) is 16.7 Å². The summed E-state index contributed by atoms with van der Waals surface area (Å²) in [4.78, 5) is 3.96. The Morgan fingerprint density at radius 2 is 1.19 bits per heavy atom. The first kappa shape index (κ1) is 11.9. The second-order valence-corrected chi connectivity index (χ2v) is 5.04. The molecule has 2 nitrogen and oxygen atoms in total. The first-order chi connectivity index (χ1) is 10.4. The standard InChI is InChI=1S/C19H14N2/c1-20-14-10-12-15(13-11-14)21-18-8-4-2-6-16(18)17-7-3-5-9-19(17)21/h2-13H,1H2. The van der Waals surface area contributed by atoms with E-state index in [0.29, 0.717) is 0 Å². The maximum absolute atomic E-state index is 3.96. The average Bonchev–Trinajstić information content (AvgIpc) is 2.90.